The van der Waals surface area contributed by atoms with E-state index in [9.17, 15) is 9.59 Å². The number of methoxy groups -OCH3 is 1. The molecule has 0 bridgehead atoms. The number of carbonyl (C=O) groups is 2. The second-order valence-electron chi connectivity index (χ2n) is 11.5. The fourth-order valence-electron chi connectivity index (χ4n) is 4.77. The Bertz CT molecular complexity index is 1810. The average Bonchev–Trinajstić information content (AvgIpc) is 3.42. The third-order valence-electron chi connectivity index (χ3n) is 7.13. The number of hydrogen-bond donors (Lipinski definition) is 3. The zero-order valence-corrected chi connectivity index (χ0v) is 25.4. The average molecular weight is 593 g/mol. The summed E-state index contributed by atoms with van der Waals surface area (Å²) >= 11 is 0. The van der Waals surface area contributed by atoms with Crippen LogP contribution in [0.4, 0.5) is 16.3 Å². The van der Waals surface area contributed by atoms with Crippen molar-refractivity contribution in [2.45, 2.75) is 45.8 Å². The SMILES string of the molecule is COC(C(N)=O)c1cc(COc2ccc(NC(=O)Nc3cc(C(C)(C)C)nn3-c3ccc(C)cc3)c3ccccc23)ccn1. The van der Waals surface area contributed by atoms with Crippen LogP contribution in [0.2, 0.25) is 0 Å². The number of aromatic nitrogens is 3. The number of ether oxygens (including phenoxy) is 2. The number of hydrogen-bond acceptors (Lipinski definition) is 6. The highest BCUT2D eigenvalue weighted by Gasteiger charge is 2.22. The number of anilines is 2. The number of aryl methyl sites for hydroxylation is 1. The summed E-state index contributed by atoms with van der Waals surface area (Å²) in [6, 6.07) is 24.3. The normalized spacial score (nSPS) is 12.1. The van der Waals surface area contributed by atoms with Gasteiger partial charge in [-0.1, -0.05) is 62.7 Å². The van der Waals surface area contributed by atoms with Gasteiger partial charge in [0.1, 0.15) is 18.2 Å². The van der Waals surface area contributed by atoms with E-state index in [1.807, 2.05) is 67.6 Å². The van der Waals surface area contributed by atoms with Crippen LogP contribution in [0.25, 0.3) is 16.5 Å². The quantitative estimate of drug-likeness (QED) is 0.181. The molecule has 1 unspecified atom stereocenters. The Morgan fingerprint density at radius 2 is 1.68 bits per heavy atom. The summed E-state index contributed by atoms with van der Waals surface area (Å²) in [5, 5.41) is 12.4. The summed E-state index contributed by atoms with van der Waals surface area (Å²) in [5.74, 6) is 0.574. The number of nitrogens with one attached hydrogen (secondary N) is 2. The largest absolute Gasteiger partial charge is 0.488 e. The minimum atomic E-state index is -0.942. The topological polar surface area (TPSA) is 133 Å². The van der Waals surface area contributed by atoms with Gasteiger partial charge in [0.05, 0.1) is 22.8 Å². The van der Waals surface area contributed by atoms with Crippen molar-refractivity contribution >= 4 is 34.2 Å². The molecule has 0 aliphatic heterocycles. The molecule has 3 aromatic carbocycles. The molecule has 0 fully saturated rings. The Balaban J connectivity index is 1.36. The van der Waals surface area contributed by atoms with E-state index in [1.165, 1.54) is 7.11 Å². The number of primary amides is 1. The number of fused-ring (bicyclic) bond motifs is 1. The van der Waals surface area contributed by atoms with E-state index in [1.54, 1.807) is 29.1 Å². The van der Waals surface area contributed by atoms with E-state index in [0.29, 0.717) is 22.9 Å². The predicted octanol–water partition coefficient (Wildman–Crippen LogP) is 6.42. The Hall–Kier alpha value is -5.22. The van der Waals surface area contributed by atoms with Crippen molar-refractivity contribution < 1.29 is 19.1 Å². The molecular formula is C34H36N6O4. The molecule has 2 aromatic heterocycles. The molecule has 10 nitrogen and oxygen atoms in total. The Morgan fingerprint density at radius 3 is 2.36 bits per heavy atom. The number of urea groups is 1. The Kier molecular flexibility index (Phi) is 8.64. The Morgan fingerprint density at radius 1 is 0.955 bits per heavy atom. The first-order valence-corrected chi connectivity index (χ1v) is 14.2. The van der Waals surface area contributed by atoms with Crippen molar-refractivity contribution in [3.8, 4) is 11.4 Å². The summed E-state index contributed by atoms with van der Waals surface area (Å²) in [4.78, 5) is 29.2. The van der Waals surface area contributed by atoms with Crippen LogP contribution in [-0.2, 0) is 21.6 Å². The van der Waals surface area contributed by atoms with E-state index in [4.69, 9.17) is 20.3 Å². The van der Waals surface area contributed by atoms with Gasteiger partial charge in [0.15, 0.2) is 6.10 Å². The van der Waals surface area contributed by atoms with Crippen LogP contribution < -0.4 is 21.1 Å². The lowest BCUT2D eigenvalue weighted by atomic mass is 9.92. The van der Waals surface area contributed by atoms with Crippen molar-refractivity contribution in [3.05, 3.63) is 108 Å². The minimum Gasteiger partial charge on any atom is -0.488 e. The molecule has 0 saturated heterocycles. The first kappa shape index (κ1) is 30.2. The lowest BCUT2D eigenvalue weighted by Crippen LogP contribution is -2.23. The van der Waals surface area contributed by atoms with Gasteiger partial charge in [-0.2, -0.15) is 5.10 Å². The molecule has 226 valence electrons. The maximum absolute atomic E-state index is 13.3. The van der Waals surface area contributed by atoms with Crippen molar-refractivity contribution in [3.63, 3.8) is 0 Å². The third kappa shape index (κ3) is 6.71. The fourth-order valence-corrected chi connectivity index (χ4v) is 4.77. The molecule has 0 spiro atoms. The molecule has 1 atom stereocenters. The van der Waals surface area contributed by atoms with Crippen LogP contribution in [0.15, 0.2) is 85.1 Å². The molecular weight excluding hydrogens is 556 g/mol. The summed E-state index contributed by atoms with van der Waals surface area (Å²) < 4.78 is 13.1. The van der Waals surface area contributed by atoms with Gasteiger partial charge < -0.3 is 20.5 Å². The van der Waals surface area contributed by atoms with Crippen LogP contribution in [0.3, 0.4) is 0 Å². The number of benzene rings is 3. The summed E-state index contributed by atoms with van der Waals surface area (Å²) in [6.07, 6.45) is 0.643. The zero-order chi connectivity index (χ0) is 31.4. The first-order chi connectivity index (χ1) is 21.0. The van der Waals surface area contributed by atoms with Crippen LogP contribution in [0.5, 0.6) is 5.75 Å². The number of carbonyl (C=O) groups excluding carboxylic acids is 2. The molecule has 4 N–H and O–H groups in total. The van der Waals surface area contributed by atoms with Gasteiger partial charge in [0.2, 0.25) is 0 Å². The van der Waals surface area contributed by atoms with Gasteiger partial charge in [0.25, 0.3) is 5.91 Å². The van der Waals surface area contributed by atoms with Crippen molar-refractivity contribution in [2.24, 2.45) is 5.73 Å². The summed E-state index contributed by atoms with van der Waals surface area (Å²) in [7, 11) is 1.41. The highest BCUT2D eigenvalue weighted by atomic mass is 16.5. The van der Waals surface area contributed by atoms with E-state index >= 15 is 0 Å². The number of nitrogens with zero attached hydrogens (tertiary/aromatic N) is 3. The predicted molar refractivity (Wildman–Crippen MR) is 171 cm³/mol. The lowest BCUT2D eigenvalue weighted by Gasteiger charge is -2.15. The minimum absolute atomic E-state index is 0.208. The molecule has 5 aromatic rings. The molecule has 0 aliphatic rings. The Labute approximate surface area is 256 Å². The second-order valence-corrected chi connectivity index (χ2v) is 11.5. The van der Waals surface area contributed by atoms with Gasteiger partial charge in [-0.25, -0.2) is 9.48 Å². The fraction of sp³-hybridized carbons (Fsp3) is 0.235. The highest BCUT2D eigenvalue weighted by molar-refractivity contribution is 6.07. The zero-order valence-electron chi connectivity index (χ0n) is 25.4. The van der Waals surface area contributed by atoms with Crippen molar-refractivity contribution in [2.75, 3.05) is 17.7 Å². The monoisotopic (exact) mass is 592 g/mol. The molecule has 0 saturated carbocycles. The number of nitrogens with two attached hydrogens (primary N) is 1. The van der Waals surface area contributed by atoms with Crippen molar-refractivity contribution in [1.29, 1.82) is 0 Å². The number of pyridine rings is 1. The molecule has 44 heavy (non-hydrogen) atoms. The van der Waals surface area contributed by atoms with Crippen LogP contribution in [0, 0.1) is 6.92 Å². The molecule has 10 heteroatoms. The van der Waals surface area contributed by atoms with Crippen LogP contribution in [0.1, 0.15) is 49.4 Å². The van der Waals surface area contributed by atoms with E-state index in [-0.39, 0.29) is 12.0 Å². The number of amides is 3. The lowest BCUT2D eigenvalue weighted by molar-refractivity contribution is -0.128. The molecule has 0 aliphatic carbocycles. The highest BCUT2D eigenvalue weighted by Crippen LogP contribution is 2.33. The first-order valence-electron chi connectivity index (χ1n) is 14.2. The van der Waals surface area contributed by atoms with E-state index in [2.05, 4.69) is 36.4 Å². The van der Waals surface area contributed by atoms with E-state index in [0.717, 1.165) is 33.3 Å². The van der Waals surface area contributed by atoms with Gasteiger partial charge in [-0.3, -0.25) is 15.1 Å². The van der Waals surface area contributed by atoms with Crippen LogP contribution >= 0.6 is 0 Å². The van der Waals surface area contributed by atoms with Gasteiger partial charge in [0, 0.05) is 35.6 Å². The smallest absolute Gasteiger partial charge is 0.324 e. The van der Waals surface area contributed by atoms with E-state index < -0.39 is 18.0 Å². The third-order valence-corrected chi connectivity index (χ3v) is 7.13. The standard InChI is InChI=1S/C34H36N6O4/c1-21-10-12-23(13-11-21)40-30(19-29(39-40)34(2,3)4)38-33(42)37-26-14-15-28(25-9-7-6-8-24(25)26)44-20-22-16-17-36-27(18-22)31(43-5)32(35)41/h6-19,31H,20H2,1-5H3,(H2,35,41)(H2,37,38,42). The maximum Gasteiger partial charge on any atom is 0.324 e. The van der Waals surface area contributed by atoms with Crippen molar-refractivity contribution in [1.82, 2.24) is 14.8 Å². The molecule has 0 radical (unpaired) electrons. The molecule has 5 rings (SSSR count). The van der Waals surface area contributed by atoms with Gasteiger partial charge in [-0.05, 0) is 48.9 Å². The number of rotatable bonds is 9. The molecule has 2 heterocycles. The van der Waals surface area contributed by atoms with Crippen LogP contribution in [-0.4, -0.2) is 33.8 Å². The second kappa shape index (κ2) is 12.6. The summed E-state index contributed by atoms with van der Waals surface area (Å²) in [5.41, 5.74) is 9.89. The van der Waals surface area contributed by atoms with Gasteiger partial charge in [-0.15, -0.1) is 0 Å². The molecule has 3 amide bonds. The van der Waals surface area contributed by atoms with Gasteiger partial charge >= 0.3 is 6.03 Å². The maximum atomic E-state index is 13.3. The summed E-state index contributed by atoms with van der Waals surface area (Å²) in [6.45, 7) is 8.50.